The lowest BCUT2D eigenvalue weighted by Crippen LogP contribution is -2.47. The number of rotatable bonds is 6. The van der Waals surface area contributed by atoms with Crippen LogP contribution in [0.1, 0.15) is 182 Å². The number of nitrogens with zero attached hydrogens (tertiary/aromatic N) is 4. The van der Waals surface area contributed by atoms with Crippen LogP contribution >= 0.6 is 0 Å². The molecule has 2 bridgehead atoms. The predicted octanol–water partition coefficient (Wildman–Crippen LogP) is 12.0. The third kappa shape index (κ3) is 15.5. The Kier molecular flexibility index (Phi) is 19.6. The summed E-state index contributed by atoms with van der Waals surface area (Å²) in [5.74, 6) is 5.57. The molecule has 4 nitrogen and oxygen atoms in total. The molecule has 0 amide bonds. The molecular weight excluding hydrogens is 621 g/mol. The second-order valence-electron chi connectivity index (χ2n) is 21.8. The molecule has 0 aromatic carbocycles. The molecular formula is C47H96N4. The summed E-state index contributed by atoms with van der Waals surface area (Å²) in [5.41, 5.74) is 0.997. The van der Waals surface area contributed by atoms with Gasteiger partial charge >= 0.3 is 0 Å². The first-order valence-corrected chi connectivity index (χ1v) is 22.5. The lowest BCUT2D eigenvalue weighted by molar-refractivity contribution is 0.0588. The quantitative estimate of drug-likeness (QED) is 0.271. The van der Waals surface area contributed by atoms with E-state index < -0.39 is 0 Å². The minimum atomic E-state index is 0.494. The lowest BCUT2D eigenvalue weighted by Gasteiger charge is -2.42. The molecule has 0 N–H and O–H groups in total. The van der Waals surface area contributed by atoms with Gasteiger partial charge in [-0.3, -0.25) is 4.90 Å². The van der Waals surface area contributed by atoms with Crippen LogP contribution in [0, 0.1) is 46.3 Å². The van der Waals surface area contributed by atoms with Crippen LogP contribution in [0.3, 0.4) is 0 Å². The highest BCUT2D eigenvalue weighted by Gasteiger charge is 2.42. The van der Waals surface area contributed by atoms with E-state index in [1.54, 1.807) is 0 Å². The zero-order valence-electron chi connectivity index (χ0n) is 38.3. The molecule has 5 fully saturated rings. The Balaban J connectivity index is 0.000000236. The molecule has 4 atom stereocenters. The van der Waals surface area contributed by atoms with Crippen molar-refractivity contribution in [3.8, 4) is 0 Å². The third-order valence-corrected chi connectivity index (χ3v) is 14.2. The van der Waals surface area contributed by atoms with Crippen LogP contribution in [0.25, 0.3) is 0 Å². The first-order valence-electron chi connectivity index (χ1n) is 22.5. The van der Waals surface area contributed by atoms with Gasteiger partial charge in [0.1, 0.15) is 0 Å². The highest BCUT2D eigenvalue weighted by Crippen LogP contribution is 2.42. The number of piperidine rings is 3. The Bertz CT molecular complexity index is 886. The van der Waals surface area contributed by atoms with Gasteiger partial charge < -0.3 is 14.7 Å². The number of fused-ring (bicyclic) bond motifs is 2. The Labute approximate surface area is 323 Å². The van der Waals surface area contributed by atoms with Crippen LogP contribution < -0.4 is 0 Å². The van der Waals surface area contributed by atoms with Crippen LogP contribution in [0.5, 0.6) is 0 Å². The van der Waals surface area contributed by atoms with Gasteiger partial charge in [-0.1, -0.05) is 69.2 Å². The molecule has 5 saturated heterocycles. The summed E-state index contributed by atoms with van der Waals surface area (Å²) < 4.78 is 0. The first kappa shape index (κ1) is 47.0. The maximum absolute atomic E-state index is 2.79. The van der Waals surface area contributed by atoms with Crippen LogP contribution in [-0.2, 0) is 0 Å². The van der Waals surface area contributed by atoms with E-state index in [-0.39, 0.29) is 0 Å². The second-order valence-corrected chi connectivity index (χ2v) is 21.8. The van der Waals surface area contributed by atoms with E-state index in [1.165, 1.54) is 97.1 Å². The number of likely N-dealkylation sites (tertiary alicyclic amines) is 3. The molecule has 0 spiro atoms. The molecule has 304 valence electrons. The minimum absolute atomic E-state index is 0.494. The highest BCUT2D eigenvalue weighted by molar-refractivity contribution is 4.97. The highest BCUT2D eigenvalue weighted by atomic mass is 15.2. The molecule has 0 aliphatic carbocycles. The minimum Gasteiger partial charge on any atom is -0.301 e. The van der Waals surface area contributed by atoms with Crippen molar-refractivity contribution in [2.24, 2.45) is 46.3 Å². The molecule has 5 aliphatic rings. The lowest BCUT2D eigenvalue weighted by atomic mass is 9.76. The second kappa shape index (κ2) is 21.2. The van der Waals surface area contributed by atoms with Gasteiger partial charge in [-0.2, -0.15) is 0 Å². The summed E-state index contributed by atoms with van der Waals surface area (Å²) in [5, 5.41) is 0. The van der Waals surface area contributed by atoms with Crippen LogP contribution in [0.2, 0.25) is 0 Å². The average Bonchev–Trinajstić information content (AvgIpc) is 3.65. The van der Waals surface area contributed by atoms with Crippen LogP contribution in [0.15, 0.2) is 0 Å². The standard InChI is InChI=1S/C13H25N.C12H25N.2C11H23N/c1-9(2)11-7-12-5-6-13(8-11)14(12)10(3)4;1-10(2)13-8-6-7-11(9-13)12(3,4)5;1-9(2)12-7-6-10(8-12)11(3,4)5;1-9(2)11-5-7-12(8-6-11)10(3)4/h9-13H,5-8H2,1-4H3;10-11H,6-9H2,1-5H3;9-10H,6-8H2,1-5H3;9-11H,5-8H2,1-4H3. The van der Waals surface area contributed by atoms with E-state index >= 15 is 0 Å². The van der Waals surface area contributed by atoms with E-state index in [2.05, 4.69) is 144 Å². The molecule has 0 saturated carbocycles. The summed E-state index contributed by atoms with van der Waals surface area (Å²) in [6.07, 6.45) is 12.9. The number of hydrogen-bond acceptors (Lipinski definition) is 4. The summed E-state index contributed by atoms with van der Waals surface area (Å²) in [7, 11) is 0. The van der Waals surface area contributed by atoms with Gasteiger partial charge in [0.25, 0.3) is 0 Å². The van der Waals surface area contributed by atoms with Crippen molar-refractivity contribution in [3.05, 3.63) is 0 Å². The molecule has 0 aromatic heterocycles. The van der Waals surface area contributed by atoms with Gasteiger partial charge in [-0.05, 0) is 186 Å². The molecule has 4 heteroatoms. The van der Waals surface area contributed by atoms with Gasteiger partial charge in [0.15, 0.2) is 0 Å². The normalized spacial score (nSPS) is 29.1. The van der Waals surface area contributed by atoms with E-state index in [9.17, 15) is 0 Å². The fourth-order valence-corrected chi connectivity index (χ4v) is 9.89. The van der Waals surface area contributed by atoms with E-state index in [1.807, 2.05) is 0 Å². The molecule has 5 heterocycles. The summed E-state index contributed by atoms with van der Waals surface area (Å²) >= 11 is 0. The molecule has 0 radical (unpaired) electrons. The third-order valence-electron chi connectivity index (χ3n) is 14.2. The molecule has 5 rings (SSSR count). The largest absolute Gasteiger partial charge is 0.301 e. The summed E-state index contributed by atoms with van der Waals surface area (Å²) in [6.45, 7) is 50.1. The van der Waals surface area contributed by atoms with E-state index in [0.29, 0.717) is 10.8 Å². The Morgan fingerprint density at radius 2 is 0.804 bits per heavy atom. The van der Waals surface area contributed by atoms with Gasteiger partial charge in [0.2, 0.25) is 0 Å². The monoisotopic (exact) mass is 717 g/mol. The number of hydrogen-bond donors (Lipinski definition) is 0. The van der Waals surface area contributed by atoms with Gasteiger partial charge in [-0.15, -0.1) is 0 Å². The summed E-state index contributed by atoms with van der Waals surface area (Å²) in [4.78, 5) is 10.6. The van der Waals surface area contributed by atoms with Gasteiger partial charge in [0, 0.05) is 49.3 Å². The Morgan fingerprint density at radius 1 is 0.412 bits per heavy atom. The van der Waals surface area contributed by atoms with Crippen molar-refractivity contribution in [2.75, 3.05) is 39.3 Å². The van der Waals surface area contributed by atoms with Crippen molar-refractivity contribution < 1.29 is 0 Å². The van der Waals surface area contributed by atoms with Crippen LogP contribution in [0.4, 0.5) is 0 Å². The van der Waals surface area contributed by atoms with Crippen molar-refractivity contribution in [1.82, 2.24) is 19.6 Å². The Morgan fingerprint density at radius 3 is 1.14 bits per heavy atom. The molecule has 51 heavy (non-hydrogen) atoms. The van der Waals surface area contributed by atoms with Crippen molar-refractivity contribution in [1.29, 1.82) is 0 Å². The average molecular weight is 717 g/mol. The molecule has 4 unspecified atom stereocenters. The molecule has 5 aliphatic heterocycles. The van der Waals surface area contributed by atoms with E-state index in [4.69, 9.17) is 0 Å². The molecule has 0 aromatic rings. The predicted molar refractivity (Wildman–Crippen MR) is 229 cm³/mol. The fraction of sp³-hybridized carbons (Fsp3) is 1.00. The van der Waals surface area contributed by atoms with Gasteiger partial charge in [-0.25, -0.2) is 0 Å². The zero-order valence-corrected chi connectivity index (χ0v) is 38.3. The SMILES string of the molecule is CC(C)C1CC2CCC(C1)N2C(C)C.CC(C)C1CCN(C(C)C)CC1.CC(C)N1CCC(C(C)(C)C)C1.CC(C)N1CCCC(C(C)(C)C)C1. The Hall–Kier alpha value is -0.160. The zero-order chi connectivity index (χ0) is 38.8. The van der Waals surface area contributed by atoms with E-state index in [0.717, 1.165) is 71.8 Å². The maximum Gasteiger partial charge on any atom is 0.0104 e. The van der Waals surface area contributed by atoms with Crippen molar-refractivity contribution in [2.45, 2.75) is 219 Å². The topological polar surface area (TPSA) is 13.0 Å². The first-order chi connectivity index (χ1) is 23.5. The smallest absolute Gasteiger partial charge is 0.0104 e. The van der Waals surface area contributed by atoms with Crippen molar-refractivity contribution >= 4 is 0 Å². The van der Waals surface area contributed by atoms with Crippen LogP contribution in [-0.4, -0.2) is 95.1 Å². The van der Waals surface area contributed by atoms with Gasteiger partial charge in [0.05, 0.1) is 0 Å². The van der Waals surface area contributed by atoms with Crippen molar-refractivity contribution in [3.63, 3.8) is 0 Å². The maximum atomic E-state index is 2.79. The fourth-order valence-electron chi connectivity index (χ4n) is 9.89. The summed E-state index contributed by atoms with van der Waals surface area (Å²) in [6, 6.07) is 4.81.